The van der Waals surface area contributed by atoms with Gasteiger partial charge in [-0.15, -0.1) is 0 Å². The van der Waals surface area contributed by atoms with Crippen molar-refractivity contribution in [2.24, 2.45) is 0 Å². The Morgan fingerprint density at radius 2 is 2.00 bits per heavy atom. The maximum absolute atomic E-state index is 12.4. The Hall–Kier alpha value is -2.31. The van der Waals surface area contributed by atoms with E-state index in [9.17, 15) is 13.2 Å². The Kier molecular flexibility index (Phi) is 2.16. The van der Waals surface area contributed by atoms with Crippen LogP contribution in [0, 0.1) is 0 Å². The molecule has 0 aliphatic rings. The molecule has 0 aliphatic heterocycles. The summed E-state index contributed by atoms with van der Waals surface area (Å²) < 4.78 is 42.3. The number of oxazole rings is 1. The third-order valence-corrected chi connectivity index (χ3v) is 2.51. The second-order valence-corrected chi connectivity index (χ2v) is 3.70. The van der Waals surface area contributed by atoms with Gasteiger partial charge in [-0.3, -0.25) is 5.10 Å². The van der Waals surface area contributed by atoms with Gasteiger partial charge in [0.15, 0.2) is 12.0 Å². The molecule has 0 aliphatic carbocycles. The summed E-state index contributed by atoms with van der Waals surface area (Å²) in [5.74, 6) is 0. The van der Waals surface area contributed by atoms with E-state index in [4.69, 9.17) is 4.42 Å². The van der Waals surface area contributed by atoms with E-state index in [1.54, 1.807) is 18.2 Å². The maximum Gasteiger partial charge on any atom is 0.432 e. The molecule has 2 heterocycles. The fourth-order valence-electron chi connectivity index (χ4n) is 1.63. The summed E-state index contributed by atoms with van der Waals surface area (Å²) in [5, 5.41) is 5.60. The molecule has 92 valence electrons. The summed E-state index contributed by atoms with van der Waals surface area (Å²) in [4.78, 5) is 3.92. The Labute approximate surface area is 98.4 Å². The summed E-state index contributed by atoms with van der Waals surface area (Å²) in [6.07, 6.45) is -3.15. The van der Waals surface area contributed by atoms with Crippen molar-refractivity contribution in [3.05, 3.63) is 36.4 Å². The molecule has 1 N–H and O–H groups in total. The summed E-state index contributed by atoms with van der Waals surface area (Å²) in [7, 11) is 0. The summed E-state index contributed by atoms with van der Waals surface area (Å²) in [5.41, 5.74) is 1.01. The van der Waals surface area contributed by atoms with Gasteiger partial charge in [-0.2, -0.15) is 18.3 Å². The number of H-pyrrole nitrogens is 1. The van der Waals surface area contributed by atoms with Gasteiger partial charge in [0.2, 0.25) is 0 Å². The number of nitrogens with zero attached hydrogens (tertiary/aromatic N) is 2. The van der Waals surface area contributed by atoms with Crippen molar-refractivity contribution in [1.82, 2.24) is 15.2 Å². The van der Waals surface area contributed by atoms with Crippen LogP contribution in [0.15, 0.2) is 35.1 Å². The van der Waals surface area contributed by atoms with Crippen LogP contribution in [0.3, 0.4) is 0 Å². The van der Waals surface area contributed by atoms with Crippen LogP contribution in [0.5, 0.6) is 0 Å². The molecule has 18 heavy (non-hydrogen) atoms. The lowest BCUT2D eigenvalue weighted by Crippen LogP contribution is -2.04. The lowest BCUT2D eigenvalue weighted by atomic mass is 10.1. The number of alkyl halides is 3. The van der Waals surface area contributed by atoms with E-state index in [1.807, 2.05) is 5.10 Å². The zero-order chi connectivity index (χ0) is 12.8. The van der Waals surface area contributed by atoms with Gasteiger partial charge in [0.1, 0.15) is 11.2 Å². The lowest BCUT2D eigenvalue weighted by Gasteiger charge is -1.99. The maximum atomic E-state index is 12.4. The highest BCUT2D eigenvalue weighted by Gasteiger charge is 2.33. The minimum absolute atomic E-state index is 0.209. The van der Waals surface area contributed by atoms with Gasteiger partial charge < -0.3 is 4.42 Å². The Morgan fingerprint density at radius 1 is 1.17 bits per heavy atom. The summed E-state index contributed by atoms with van der Waals surface area (Å²) in [6.45, 7) is 0. The van der Waals surface area contributed by atoms with Crippen molar-refractivity contribution in [1.29, 1.82) is 0 Å². The van der Waals surface area contributed by atoms with Crippen molar-refractivity contribution < 1.29 is 17.6 Å². The highest BCUT2D eigenvalue weighted by molar-refractivity contribution is 5.78. The molecule has 0 amide bonds. The molecule has 0 saturated heterocycles. The molecule has 0 radical (unpaired) electrons. The van der Waals surface area contributed by atoms with Crippen molar-refractivity contribution >= 4 is 11.1 Å². The van der Waals surface area contributed by atoms with Crippen LogP contribution in [-0.2, 0) is 6.18 Å². The fourth-order valence-corrected chi connectivity index (χ4v) is 1.63. The van der Waals surface area contributed by atoms with Gasteiger partial charge in [-0.05, 0) is 18.2 Å². The van der Waals surface area contributed by atoms with Gasteiger partial charge in [-0.1, -0.05) is 6.07 Å². The van der Waals surface area contributed by atoms with Crippen molar-refractivity contribution in [2.45, 2.75) is 6.18 Å². The van der Waals surface area contributed by atoms with E-state index in [0.717, 1.165) is 6.07 Å². The first-order valence-corrected chi connectivity index (χ1v) is 5.00. The first-order chi connectivity index (χ1) is 8.54. The SMILES string of the molecule is FC(F)(F)c1cc(-c2ccc3ncoc3c2)n[nH]1. The van der Waals surface area contributed by atoms with Gasteiger partial charge >= 0.3 is 6.18 Å². The lowest BCUT2D eigenvalue weighted by molar-refractivity contribution is -0.141. The van der Waals surface area contributed by atoms with E-state index in [-0.39, 0.29) is 5.69 Å². The number of nitrogens with one attached hydrogen (secondary N) is 1. The average Bonchev–Trinajstić information content (AvgIpc) is 2.96. The van der Waals surface area contributed by atoms with Crippen molar-refractivity contribution in [2.75, 3.05) is 0 Å². The van der Waals surface area contributed by atoms with Crippen LogP contribution in [0.4, 0.5) is 13.2 Å². The molecular weight excluding hydrogens is 247 g/mol. The molecule has 0 fully saturated rings. The molecule has 0 unspecified atom stereocenters. The Balaban J connectivity index is 2.06. The van der Waals surface area contributed by atoms with Crippen LogP contribution in [0.1, 0.15) is 5.69 Å². The van der Waals surface area contributed by atoms with Crippen LogP contribution < -0.4 is 0 Å². The first kappa shape index (κ1) is 10.8. The third kappa shape index (κ3) is 1.73. The van der Waals surface area contributed by atoms with Crippen LogP contribution in [0.25, 0.3) is 22.4 Å². The zero-order valence-corrected chi connectivity index (χ0v) is 8.82. The molecule has 0 spiro atoms. The topological polar surface area (TPSA) is 54.7 Å². The molecule has 4 nitrogen and oxygen atoms in total. The van der Waals surface area contributed by atoms with E-state index >= 15 is 0 Å². The summed E-state index contributed by atoms with van der Waals surface area (Å²) >= 11 is 0. The second-order valence-electron chi connectivity index (χ2n) is 3.70. The van der Waals surface area contributed by atoms with Gasteiger partial charge in [-0.25, -0.2) is 4.98 Å². The highest BCUT2D eigenvalue weighted by Crippen LogP contribution is 2.31. The van der Waals surface area contributed by atoms with E-state index in [0.29, 0.717) is 16.7 Å². The van der Waals surface area contributed by atoms with Crippen LogP contribution in [0.2, 0.25) is 0 Å². The highest BCUT2D eigenvalue weighted by atomic mass is 19.4. The molecule has 0 bridgehead atoms. The largest absolute Gasteiger partial charge is 0.443 e. The van der Waals surface area contributed by atoms with Gasteiger partial charge in [0, 0.05) is 5.56 Å². The molecule has 2 aromatic heterocycles. The molecule has 1 aromatic carbocycles. The fraction of sp³-hybridized carbons (Fsp3) is 0.0909. The predicted octanol–water partition coefficient (Wildman–Crippen LogP) is 3.24. The van der Waals surface area contributed by atoms with E-state index < -0.39 is 11.9 Å². The Bertz CT molecular complexity index is 699. The number of fused-ring (bicyclic) bond motifs is 1. The third-order valence-electron chi connectivity index (χ3n) is 2.51. The Morgan fingerprint density at radius 3 is 2.72 bits per heavy atom. The minimum Gasteiger partial charge on any atom is -0.443 e. The van der Waals surface area contributed by atoms with Gasteiger partial charge in [0.05, 0.1) is 5.69 Å². The summed E-state index contributed by atoms with van der Waals surface area (Å²) in [6, 6.07) is 5.85. The standard InChI is InChI=1S/C11H6F3N3O/c12-11(13,14)10-4-8(16-17-10)6-1-2-7-9(3-6)18-5-15-7/h1-5H,(H,16,17). The molecule has 3 aromatic rings. The molecule has 3 rings (SSSR count). The van der Waals surface area contributed by atoms with E-state index in [2.05, 4.69) is 10.1 Å². The predicted molar refractivity (Wildman–Crippen MR) is 56.6 cm³/mol. The molecular formula is C11H6F3N3O. The normalized spacial score (nSPS) is 12.2. The average molecular weight is 253 g/mol. The monoisotopic (exact) mass is 253 g/mol. The van der Waals surface area contributed by atoms with Gasteiger partial charge in [0.25, 0.3) is 0 Å². The smallest absolute Gasteiger partial charge is 0.432 e. The van der Waals surface area contributed by atoms with E-state index in [1.165, 1.54) is 6.39 Å². The number of aromatic amines is 1. The molecule has 7 heteroatoms. The number of benzene rings is 1. The number of hydrogen-bond acceptors (Lipinski definition) is 3. The number of rotatable bonds is 1. The zero-order valence-electron chi connectivity index (χ0n) is 8.82. The first-order valence-electron chi connectivity index (χ1n) is 5.00. The molecule has 0 atom stereocenters. The number of aromatic nitrogens is 3. The quantitative estimate of drug-likeness (QED) is 0.724. The van der Waals surface area contributed by atoms with Crippen molar-refractivity contribution in [3.63, 3.8) is 0 Å². The minimum atomic E-state index is -4.43. The van der Waals surface area contributed by atoms with Crippen LogP contribution >= 0.6 is 0 Å². The number of halogens is 3. The van der Waals surface area contributed by atoms with Crippen LogP contribution in [-0.4, -0.2) is 15.2 Å². The van der Waals surface area contributed by atoms with Crippen molar-refractivity contribution in [3.8, 4) is 11.3 Å². The second kappa shape index (κ2) is 3.59. The molecule has 0 saturated carbocycles. The number of hydrogen-bond donors (Lipinski definition) is 1.